The monoisotopic (exact) mass is 405 g/mol. The highest BCUT2D eigenvalue weighted by Gasteiger charge is 2.29. The number of aromatic nitrogens is 1. The van der Waals surface area contributed by atoms with Crippen molar-refractivity contribution in [2.45, 2.75) is 38.1 Å². The summed E-state index contributed by atoms with van der Waals surface area (Å²) in [5, 5.41) is 11.2. The summed E-state index contributed by atoms with van der Waals surface area (Å²) in [5.74, 6) is -1.17. The third-order valence-corrected chi connectivity index (χ3v) is 6.03. The first-order chi connectivity index (χ1) is 12.9. The molecule has 1 heterocycles. The fourth-order valence-corrected chi connectivity index (χ4v) is 4.53. The molecule has 4 rings (SSSR count). The number of halogens is 3. The first-order valence-electron chi connectivity index (χ1n) is 8.90. The minimum absolute atomic E-state index is 0.0766. The second-order valence-electron chi connectivity index (χ2n) is 7.05. The van der Waals surface area contributed by atoms with Crippen molar-refractivity contribution in [2.75, 3.05) is 0 Å². The maximum Gasteiger partial charge on any atom is 0.304 e. The van der Waals surface area contributed by atoms with E-state index in [9.17, 15) is 14.3 Å². The Kier molecular flexibility index (Phi) is 4.87. The van der Waals surface area contributed by atoms with Gasteiger partial charge in [-0.1, -0.05) is 29.3 Å². The van der Waals surface area contributed by atoms with E-state index in [4.69, 9.17) is 23.2 Å². The lowest BCUT2D eigenvalue weighted by molar-refractivity contribution is -0.137. The van der Waals surface area contributed by atoms with E-state index in [1.807, 2.05) is 12.1 Å². The summed E-state index contributed by atoms with van der Waals surface area (Å²) in [7, 11) is 0. The molecular formula is C21H18Cl2FNO2. The highest BCUT2D eigenvalue weighted by Crippen LogP contribution is 2.41. The Morgan fingerprint density at radius 2 is 2.00 bits per heavy atom. The van der Waals surface area contributed by atoms with Crippen molar-refractivity contribution in [1.82, 2.24) is 4.57 Å². The lowest BCUT2D eigenvalue weighted by atomic mass is 9.84. The second kappa shape index (κ2) is 7.17. The van der Waals surface area contributed by atoms with Gasteiger partial charge in [-0.25, -0.2) is 4.39 Å². The Morgan fingerprint density at radius 1 is 1.19 bits per heavy atom. The average Bonchev–Trinajstić information content (AvgIpc) is 2.92. The molecule has 0 aliphatic heterocycles. The molecule has 1 aromatic heterocycles. The molecule has 1 unspecified atom stereocenters. The van der Waals surface area contributed by atoms with E-state index < -0.39 is 5.97 Å². The normalized spacial score (nSPS) is 16.5. The molecule has 0 amide bonds. The Labute approximate surface area is 166 Å². The number of fused-ring (bicyclic) bond motifs is 3. The maximum atomic E-state index is 13.9. The van der Waals surface area contributed by atoms with Gasteiger partial charge in [0.1, 0.15) is 5.82 Å². The van der Waals surface area contributed by atoms with Gasteiger partial charge < -0.3 is 9.67 Å². The van der Waals surface area contributed by atoms with E-state index in [2.05, 4.69) is 4.57 Å². The number of carbonyl (C=O) groups is 1. The molecule has 1 aliphatic rings. The first-order valence-corrected chi connectivity index (χ1v) is 9.66. The number of hydrogen-bond donors (Lipinski definition) is 1. The predicted molar refractivity (Wildman–Crippen MR) is 105 cm³/mol. The maximum absolute atomic E-state index is 13.9. The van der Waals surface area contributed by atoms with Crippen LogP contribution in [0.25, 0.3) is 10.9 Å². The molecule has 3 aromatic rings. The molecule has 0 fully saturated rings. The van der Waals surface area contributed by atoms with Gasteiger partial charge in [0.05, 0.1) is 16.5 Å². The zero-order valence-corrected chi connectivity index (χ0v) is 16.0. The van der Waals surface area contributed by atoms with E-state index in [0.717, 1.165) is 47.0 Å². The standard InChI is InChI=1S/C21H18Cl2FNO2/c22-17-6-4-12(8-18(17)23)11-25-19-7-5-14(24)10-16(19)15-3-1-2-13(21(15)25)9-20(26)27/h4-8,10,13H,1-3,9,11H2,(H,26,27). The van der Waals surface area contributed by atoms with E-state index in [1.165, 1.54) is 6.07 Å². The van der Waals surface area contributed by atoms with Crippen LogP contribution in [-0.2, 0) is 17.8 Å². The molecule has 0 radical (unpaired) electrons. The largest absolute Gasteiger partial charge is 0.481 e. The first kappa shape index (κ1) is 18.3. The lowest BCUT2D eigenvalue weighted by Gasteiger charge is -2.24. The molecule has 140 valence electrons. The Balaban J connectivity index is 1.89. The van der Waals surface area contributed by atoms with Gasteiger partial charge in [-0.15, -0.1) is 0 Å². The third kappa shape index (κ3) is 3.44. The molecule has 1 atom stereocenters. The molecule has 3 nitrogen and oxygen atoms in total. The van der Waals surface area contributed by atoms with Gasteiger partial charge in [0.2, 0.25) is 0 Å². The zero-order valence-electron chi connectivity index (χ0n) is 14.5. The van der Waals surface area contributed by atoms with E-state index in [1.54, 1.807) is 18.2 Å². The van der Waals surface area contributed by atoms with Crippen molar-refractivity contribution >= 4 is 40.1 Å². The number of carboxylic acids is 1. The third-order valence-electron chi connectivity index (χ3n) is 5.29. The van der Waals surface area contributed by atoms with E-state index in [-0.39, 0.29) is 18.2 Å². The van der Waals surface area contributed by atoms with Crippen LogP contribution in [0.3, 0.4) is 0 Å². The van der Waals surface area contributed by atoms with Gasteiger partial charge in [0.25, 0.3) is 0 Å². The van der Waals surface area contributed by atoms with Crippen molar-refractivity contribution in [2.24, 2.45) is 0 Å². The minimum atomic E-state index is -0.814. The summed E-state index contributed by atoms with van der Waals surface area (Å²) >= 11 is 12.2. The van der Waals surface area contributed by atoms with Crippen LogP contribution in [0, 0.1) is 5.82 Å². The minimum Gasteiger partial charge on any atom is -0.481 e. The van der Waals surface area contributed by atoms with Crippen molar-refractivity contribution in [1.29, 1.82) is 0 Å². The van der Waals surface area contributed by atoms with Crippen LogP contribution >= 0.6 is 23.2 Å². The summed E-state index contributed by atoms with van der Waals surface area (Å²) in [6, 6.07) is 10.3. The van der Waals surface area contributed by atoms with Crippen LogP contribution in [0.2, 0.25) is 10.0 Å². The number of carboxylic acid groups (broad SMARTS) is 1. The number of aliphatic carboxylic acids is 1. The molecule has 0 spiro atoms. The van der Waals surface area contributed by atoms with Gasteiger partial charge in [0.15, 0.2) is 0 Å². The Hall–Kier alpha value is -2.04. The molecule has 0 saturated carbocycles. The summed E-state index contributed by atoms with van der Waals surface area (Å²) in [4.78, 5) is 11.4. The lowest BCUT2D eigenvalue weighted by Crippen LogP contribution is -2.17. The number of aryl methyl sites for hydroxylation is 1. The van der Waals surface area contributed by atoms with Crippen LogP contribution in [0.4, 0.5) is 4.39 Å². The van der Waals surface area contributed by atoms with Crippen molar-refractivity contribution in [3.8, 4) is 0 Å². The Morgan fingerprint density at radius 3 is 2.74 bits per heavy atom. The molecule has 2 aromatic carbocycles. The topological polar surface area (TPSA) is 42.2 Å². The van der Waals surface area contributed by atoms with Crippen molar-refractivity contribution in [3.63, 3.8) is 0 Å². The fraction of sp³-hybridized carbons (Fsp3) is 0.286. The molecule has 1 N–H and O–H groups in total. The van der Waals surface area contributed by atoms with Crippen molar-refractivity contribution in [3.05, 3.63) is 69.1 Å². The summed E-state index contributed by atoms with van der Waals surface area (Å²) in [5.41, 5.74) is 3.97. The average molecular weight is 406 g/mol. The predicted octanol–water partition coefficient (Wildman–Crippen LogP) is 6.03. The zero-order chi connectivity index (χ0) is 19.1. The van der Waals surface area contributed by atoms with E-state index in [0.29, 0.717) is 16.6 Å². The highest BCUT2D eigenvalue weighted by molar-refractivity contribution is 6.42. The number of nitrogens with zero attached hydrogens (tertiary/aromatic N) is 1. The van der Waals surface area contributed by atoms with Crippen molar-refractivity contribution < 1.29 is 14.3 Å². The number of benzene rings is 2. The van der Waals surface area contributed by atoms with E-state index >= 15 is 0 Å². The summed E-state index contributed by atoms with van der Waals surface area (Å²) in [6.07, 6.45) is 2.64. The van der Waals surface area contributed by atoms with Crippen LogP contribution in [0.15, 0.2) is 36.4 Å². The quantitative estimate of drug-likeness (QED) is 0.575. The number of rotatable bonds is 4. The Bertz CT molecular complexity index is 1040. The molecule has 6 heteroatoms. The molecule has 27 heavy (non-hydrogen) atoms. The highest BCUT2D eigenvalue weighted by atomic mass is 35.5. The summed E-state index contributed by atoms with van der Waals surface area (Å²) < 4.78 is 16.0. The van der Waals surface area contributed by atoms with Gasteiger partial charge in [-0.05, 0) is 60.7 Å². The molecule has 1 aliphatic carbocycles. The van der Waals surface area contributed by atoms with Gasteiger partial charge in [-0.3, -0.25) is 4.79 Å². The van der Waals surface area contributed by atoms with Crippen LogP contribution in [0.1, 0.15) is 42.0 Å². The summed E-state index contributed by atoms with van der Waals surface area (Å²) in [6.45, 7) is 0.532. The van der Waals surface area contributed by atoms with Gasteiger partial charge >= 0.3 is 5.97 Å². The van der Waals surface area contributed by atoms with Crippen LogP contribution in [-0.4, -0.2) is 15.6 Å². The molecule has 0 bridgehead atoms. The van der Waals surface area contributed by atoms with Gasteiger partial charge in [0, 0.05) is 29.1 Å². The molecular weight excluding hydrogens is 388 g/mol. The SMILES string of the molecule is O=C(O)CC1CCCc2c1n(Cc1ccc(Cl)c(Cl)c1)c1ccc(F)cc21. The van der Waals surface area contributed by atoms with Crippen LogP contribution < -0.4 is 0 Å². The van der Waals surface area contributed by atoms with Crippen LogP contribution in [0.5, 0.6) is 0 Å². The second-order valence-corrected chi connectivity index (χ2v) is 7.86. The fourth-order valence-electron chi connectivity index (χ4n) is 4.21. The molecule has 0 saturated heterocycles. The van der Waals surface area contributed by atoms with Gasteiger partial charge in [-0.2, -0.15) is 0 Å². The number of hydrogen-bond acceptors (Lipinski definition) is 1. The smallest absolute Gasteiger partial charge is 0.304 e.